The predicted octanol–water partition coefficient (Wildman–Crippen LogP) is 3.29. The standard InChI is InChI=1S/C24H19BrN2O5S/c1-3-30-23(29)20-13(2)26-24-27(21(20)15-6-9-17-18(11-15)32-12-31-17)22(28)19(33-24)10-14-4-7-16(25)8-5-14/h4-11,21H,3,12H2,1-2H3/t21-/m0/s1. The Labute approximate surface area is 201 Å². The molecular weight excluding hydrogens is 508 g/mol. The lowest BCUT2D eigenvalue weighted by Crippen LogP contribution is -2.39. The van der Waals surface area contributed by atoms with Gasteiger partial charge in [-0.1, -0.05) is 45.5 Å². The Balaban J connectivity index is 1.72. The van der Waals surface area contributed by atoms with E-state index in [1.165, 1.54) is 11.3 Å². The molecule has 0 unspecified atom stereocenters. The van der Waals surface area contributed by atoms with Crippen molar-refractivity contribution in [1.29, 1.82) is 0 Å². The molecule has 0 N–H and O–H groups in total. The molecule has 33 heavy (non-hydrogen) atoms. The van der Waals surface area contributed by atoms with Crippen LogP contribution in [0.1, 0.15) is 31.0 Å². The number of fused-ring (bicyclic) bond motifs is 2. The molecule has 0 bridgehead atoms. The normalized spacial score (nSPS) is 17.1. The Bertz CT molecular complexity index is 1470. The van der Waals surface area contributed by atoms with E-state index in [1.54, 1.807) is 30.5 Å². The average molecular weight is 527 g/mol. The molecule has 0 saturated heterocycles. The Morgan fingerprint density at radius 3 is 2.76 bits per heavy atom. The van der Waals surface area contributed by atoms with Crippen molar-refractivity contribution in [1.82, 2.24) is 4.57 Å². The van der Waals surface area contributed by atoms with Gasteiger partial charge in [-0.15, -0.1) is 0 Å². The van der Waals surface area contributed by atoms with Gasteiger partial charge in [0.2, 0.25) is 6.79 Å². The van der Waals surface area contributed by atoms with E-state index in [2.05, 4.69) is 20.9 Å². The highest BCUT2D eigenvalue weighted by Gasteiger charge is 2.34. The lowest BCUT2D eigenvalue weighted by molar-refractivity contribution is -0.139. The Morgan fingerprint density at radius 2 is 2.00 bits per heavy atom. The second-order valence-electron chi connectivity index (χ2n) is 7.47. The summed E-state index contributed by atoms with van der Waals surface area (Å²) in [5.41, 5.74) is 2.24. The third-order valence-electron chi connectivity index (χ3n) is 5.40. The number of nitrogens with zero attached hydrogens (tertiary/aromatic N) is 2. The number of hydrogen-bond acceptors (Lipinski definition) is 7. The van der Waals surface area contributed by atoms with Crippen molar-refractivity contribution < 1.29 is 19.0 Å². The summed E-state index contributed by atoms with van der Waals surface area (Å²) in [6.45, 7) is 3.86. The zero-order valence-electron chi connectivity index (χ0n) is 17.8. The van der Waals surface area contributed by atoms with Crippen LogP contribution in [0.15, 0.2) is 68.0 Å². The molecule has 2 aliphatic heterocycles. The summed E-state index contributed by atoms with van der Waals surface area (Å²) < 4.78 is 19.3. The van der Waals surface area contributed by atoms with E-state index in [0.29, 0.717) is 37.7 Å². The molecule has 3 heterocycles. The zero-order chi connectivity index (χ0) is 23.1. The van der Waals surface area contributed by atoms with Crippen LogP contribution >= 0.6 is 27.3 Å². The quantitative estimate of drug-likeness (QED) is 0.487. The van der Waals surface area contributed by atoms with Crippen LogP contribution in [0.5, 0.6) is 11.5 Å². The lowest BCUT2D eigenvalue weighted by Gasteiger charge is -2.24. The number of hydrogen-bond donors (Lipinski definition) is 0. The van der Waals surface area contributed by atoms with Crippen LogP contribution in [0, 0.1) is 0 Å². The molecule has 3 aromatic rings. The molecule has 2 aliphatic rings. The smallest absolute Gasteiger partial charge is 0.338 e. The number of thiazole rings is 1. The Kier molecular flexibility index (Phi) is 5.67. The van der Waals surface area contributed by atoms with Crippen molar-refractivity contribution in [2.75, 3.05) is 13.4 Å². The minimum Gasteiger partial charge on any atom is -0.463 e. The van der Waals surface area contributed by atoms with E-state index in [-0.39, 0.29) is 19.0 Å². The van der Waals surface area contributed by atoms with Crippen LogP contribution in [0.3, 0.4) is 0 Å². The summed E-state index contributed by atoms with van der Waals surface area (Å²) >= 11 is 4.72. The number of halogens is 1. The van der Waals surface area contributed by atoms with Gasteiger partial charge in [0.25, 0.3) is 5.56 Å². The molecule has 2 aromatic carbocycles. The number of ether oxygens (including phenoxy) is 3. The summed E-state index contributed by atoms with van der Waals surface area (Å²) in [7, 11) is 0. The number of allylic oxidation sites excluding steroid dienone is 1. The minimum absolute atomic E-state index is 0.133. The third-order valence-corrected chi connectivity index (χ3v) is 6.91. The molecule has 0 saturated carbocycles. The molecule has 168 valence electrons. The van der Waals surface area contributed by atoms with Crippen molar-refractivity contribution in [3.05, 3.63) is 89.0 Å². The van der Waals surface area contributed by atoms with Gasteiger partial charge in [0.1, 0.15) is 0 Å². The molecule has 7 nitrogen and oxygen atoms in total. The van der Waals surface area contributed by atoms with Crippen LogP contribution in [0.25, 0.3) is 6.08 Å². The monoisotopic (exact) mass is 526 g/mol. The van der Waals surface area contributed by atoms with Crippen LogP contribution < -0.4 is 24.4 Å². The molecule has 0 aliphatic carbocycles. The van der Waals surface area contributed by atoms with Gasteiger partial charge in [0, 0.05) is 4.47 Å². The van der Waals surface area contributed by atoms with E-state index in [0.717, 1.165) is 10.0 Å². The van der Waals surface area contributed by atoms with Gasteiger partial charge in [-0.3, -0.25) is 9.36 Å². The van der Waals surface area contributed by atoms with Crippen molar-refractivity contribution >= 4 is 39.3 Å². The van der Waals surface area contributed by atoms with E-state index in [1.807, 2.05) is 36.4 Å². The maximum atomic E-state index is 13.6. The summed E-state index contributed by atoms with van der Waals surface area (Å²) in [6, 6.07) is 12.4. The van der Waals surface area contributed by atoms with Gasteiger partial charge in [0.15, 0.2) is 16.3 Å². The Morgan fingerprint density at radius 1 is 1.24 bits per heavy atom. The Hall–Kier alpha value is -3.17. The predicted molar refractivity (Wildman–Crippen MR) is 127 cm³/mol. The zero-order valence-corrected chi connectivity index (χ0v) is 20.2. The fraction of sp³-hybridized carbons (Fsp3) is 0.208. The number of aromatic nitrogens is 1. The summed E-state index contributed by atoms with van der Waals surface area (Å²) in [5.74, 6) is 0.700. The van der Waals surface area contributed by atoms with Gasteiger partial charge < -0.3 is 14.2 Å². The van der Waals surface area contributed by atoms with Crippen molar-refractivity contribution in [2.45, 2.75) is 19.9 Å². The first-order chi connectivity index (χ1) is 16.0. The molecule has 0 spiro atoms. The molecule has 0 radical (unpaired) electrons. The maximum Gasteiger partial charge on any atom is 0.338 e. The minimum atomic E-state index is -0.693. The fourth-order valence-electron chi connectivity index (χ4n) is 3.90. The molecule has 5 rings (SSSR count). The van der Waals surface area contributed by atoms with Crippen molar-refractivity contribution in [2.24, 2.45) is 4.99 Å². The first kappa shape index (κ1) is 21.7. The fourth-order valence-corrected chi connectivity index (χ4v) is 5.21. The highest BCUT2D eigenvalue weighted by Crippen LogP contribution is 2.38. The van der Waals surface area contributed by atoms with Gasteiger partial charge >= 0.3 is 5.97 Å². The van der Waals surface area contributed by atoms with E-state index in [4.69, 9.17) is 14.2 Å². The summed E-state index contributed by atoms with van der Waals surface area (Å²) in [5, 5.41) is 0. The number of esters is 1. The van der Waals surface area contributed by atoms with E-state index < -0.39 is 12.0 Å². The number of rotatable bonds is 4. The molecular formula is C24H19BrN2O5S. The molecule has 1 atom stereocenters. The molecule has 0 amide bonds. The van der Waals surface area contributed by atoms with Crippen molar-refractivity contribution in [3.8, 4) is 11.5 Å². The number of carbonyl (C=O) groups excluding carboxylic acids is 1. The molecule has 0 fully saturated rings. The van der Waals surface area contributed by atoms with Crippen LogP contribution in [0.4, 0.5) is 0 Å². The highest BCUT2D eigenvalue weighted by atomic mass is 79.9. The number of benzene rings is 2. The van der Waals surface area contributed by atoms with Crippen LogP contribution in [-0.4, -0.2) is 23.9 Å². The maximum absolute atomic E-state index is 13.6. The number of carbonyl (C=O) groups is 1. The summed E-state index contributed by atoms with van der Waals surface area (Å²) in [6.07, 6.45) is 1.83. The average Bonchev–Trinajstić information content (AvgIpc) is 3.38. The van der Waals surface area contributed by atoms with Gasteiger partial charge in [-0.05, 0) is 55.3 Å². The van der Waals surface area contributed by atoms with Crippen molar-refractivity contribution in [3.63, 3.8) is 0 Å². The highest BCUT2D eigenvalue weighted by molar-refractivity contribution is 9.10. The molecule has 9 heteroatoms. The lowest BCUT2D eigenvalue weighted by atomic mass is 9.95. The van der Waals surface area contributed by atoms with E-state index >= 15 is 0 Å². The first-order valence-corrected chi connectivity index (χ1v) is 11.9. The van der Waals surface area contributed by atoms with Gasteiger partial charge in [-0.25, -0.2) is 9.79 Å². The van der Waals surface area contributed by atoms with E-state index in [9.17, 15) is 9.59 Å². The van der Waals surface area contributed by atoms with Crippen LogP contribution in [0.2, 0.25) is 0 Å². The SMILES string of the molecule is CCOC(=O)C1=C(C)N=c2sc(=Cc3ccc(Br)cc3)c(=O)n2[C@H]1c1ccc2c(c1)OCO2. The first-order valence-electron chi connectivity index (χ1n) is 10.3. The largest absolute Gasteiger partial charge is 0.463 e. The topological polar surface area (TPSA) is 79.1 Å². The van der Waals surface area contributed by atoms with Gasteiger partial charge in [-0.2, -0.15) is 0 Å². The second kappa shape index (κ2) is 8.64. The van der Waals surface area contributed by atoms with Gasteiger partial charge in [0.05, 0.1) is 28.5 Å². The second-order valence-corrected chi connectivity index (χ2v) is 9.39. The molecule has 1 aromatic heterocycles. The summed E-state index contributed by atoms with van der Waals surface area (Å²) in [4.78, 5) is 31.7. The third kappa shape index (κ3) is 3.91. The van der Waals surface area contributed by atoms with Crippen LogP contribution in [-0.2, 0) is 9.53 Å².